The summed E-state index contributed by atoms with van der Waals surface area (Å²) >= 11 is 0. The molecule has 86 valence electrons. The molecule has 17 heavy (non-hydrogen) atoms. The summed E-state index contributed by atoms with van der Waals surface area (Å²) in [7, 11) is 0. The minimum Gasteiger partial charge on any atom is -0.294 e. The lowest BCUT2D eigenvalue weighted by Crippen LogP contribution is -2.14. The van der Waals surface area contributed by atoms with Gasteiger partial charge in [0.25, 0.3) is 0 Å². The lowest BCUT2D eigenvalue weighted by molar-refractivity contribution is 0.0929. The number of benzene rings is 1. The number of carbonyl (C=O) groups excluding carboxylic acids is 1. The number of pyridine rings is 1. The standard InChI is InChI=1S/C15H15NO/c1-12(11-14-9-5-6-10-16-14)15(17)13-7-3-2-4-8-13/h2-10,12H,11H2,1H3. The molecule has 0 radical (unpaired) electrons. The fourth-order valence-corrected chi connectivity index (χ4v) is 1.81. The molecule has 0 amide bonds. The zero-order valence-corrected chi connectivity index (χ0v) is 9.84. The molecule has 1 heterocycles. The number of rotatable bonds is 4. The van der Waals surface area contributed by atoms with Crippen molar-refractivity contribution in [2.45, 2.75) is 13.3 Å². The lowest BCUT2D eigenvalue weighted by atomic mass is 9.95. The van der Waals surface area contributed by atoms with E-state index in [2.05, 4.69) is 4.98 Å². The van der Waals surface area contributed by atoms with Crippen molar-refractivity contribution in [3.05, 3.63) is 66.0 Å². The Morgan fingerprint density at radius 1 is 1.12 bits per heavy atom. The van der Waals surface area contributed by atoms with Crippen LogP contribution in [0.2, 0.25) is 0 Å². The fourth-order valence-electron chi connectivity index (χ4n) is 1.81. The maximum Gasteiger partial charge on any atom is 0.166 e. The van der Waals surface area contributed by atoms with Crippen LogP contribution in [0, 0.1) is 5.92 Å². The first-order valence-corrected chi connectivity index (χ1v) is 5.76. The van der Waals surface area contributed by atoms with Crippen LogP contribution in [0.15, 0.2) is 54.7 Å². The van der Waals surface area contributed by atoms with E-state index in [4.69, 9.17) is 0 Å². The van der Waals surface area contributed by atoms with Crippen LogP contribution in [0.5, 0.6) is 0 Å². The Morgan fingerprint density at radius 3 is 2.47 bits per heavy atom. The Hall–Kier alpha value is -1.96. The molecule has 1 atom stereocenters. The molecule has 2 heteroatoms. The maximum atomic E-state index is 12.1. The summed E-state index contributed by atoms with van der Waals surface area (Å²) in [5.41, 5.74) is 1.74. The molecule has 0 aliphatic heterocycles. The first-order valence-electron chi connectivity index (χ1n) is 5.76. The highest BCUT2D eigenvalue weighted by Gasteiger charge is 2.15. The van der Waals surface area contributed by atoms with Gasteiger partial charge in [0.05, 0.1) is 0 Å². The third kappa shape index (κ3) is 3.00. The van der Waals surface area contributed by atoms with Crippen LogP contribution in [0.25, 0.3) is 0 Å². The van der Waals surface area contributed by atoms with Gasteiger partial charge in [0.2, 0.25) is 0 Å². The molecule has 0 N–H and O–H groups in total. The summed E-state index contributed by atoms with van der Waals surface area (Å²) in [6, 6.07) is 15.2. The van der Waals surface area contributed by atoms with Crippen LogP contribution in [-0.4, -0.2) is 10.8 Å². The van der Waals surface area contributed by atoms with Crippen molar-refractivity contribution >= 4 is 5.78 Å². The topological polar surface area (TPSA) is 30.0 Å². The van der Waals surface area contributed by atoms with Gasteiger partial charge in [-0.3, -0.25) is 9.78 Å². The average Bonchev–Trinajstić information content (AvgIpc) is 2.40. The molecular formula is C15H15NO. The third-order valence-electron chi connectivity index (χ3n) is 2.75. The summed E-state index contributed by atoms with van der Waals surface area (Å²) in [5, 5.41) is 0. The van der Waals surface area contributed by atoms with Gasteiger partial charge >= 0.3 is 0 Å². The summed E-state index contributed by atoms with van der Waals surface area (Å²) in [4.78, 5) is 16.4. The van der Waals surface area contributed by atoms with Gasteiger partial charge in [0, 0.05) is 23.4 Å². The van der Waals surface area contributed by atoms with Crippen molar-refractivity contribution in [3.8, 4) is 0 Å². The third-order valence-corrected chi connectivity index (χ3v) is 2.75. The van der Waals surface area contributed by atoms with Gasteiger partial charge in [-0.1, -0.05) is 43.3 Å². The van der Waals surface area contributed by atoms with E-state index in [0.717, 1.165) is 11.3 Å². The predicted octanol–water partition coefficient (Wildman–Crippen LogP) is 3.14. The zero-order valence-electron chi connectivity index (χ0n) is 9.84. The summed E-state index contributed by atoms with van der Waals surface area (Å²) < 4.78 is 0. The second-order valence-electron chi connectivity index (χ2n) is 4.16. The molecule has 2 nitrogen and oxygen atoms in total. The Kier molecular flexibility index (Phi) is 3.66. The normalized spacial score (nSPS) is 12.1. The Labute approximate surface area is 101 Å². The van der Waals surface area contributed by atoms with E-state index in [9.17, 15) is 4.79 Å². The van der Waals surface area contributed by atoms with Crippen LogP contribution < -0.4 is 0 Å². The van der Waals surface area contributed by atoms with Gasteiger partial charge in [-0.15, -0.1) is 0 Å². The van der Waals surface area contributed by atoms with Gasteiger partial charge in [-0.25, -0.2) is 0 Å². The SMILES string of the molecule is CC(Cc1ccccn1)C(=O)c1ccccc1. The number of hydrogen-bond acceptors (Lipinski definition) is 2. The van der Waals surface area contributed by atoms with E-state index in [1.165, 1.54) is 0 Å². The molecule has 0 aliphatic carbocycles. The van der Waals surface area contributed by atoms with E-state index in [0.29, 0.717) is 6.42 Å². The van der Waals surface area contributed by atoms with Crippen LogP contribution >= 0.6 is 0 Å². The summed E-state index contributed by atoms with van der Waals surface area (Å²) in [6.45, 7) is 1.95. The van der Waals surface area contributed by atoms with E-state index in [1.807, 2.05) is 55.5 Å². The lowest BCUT2D eigenvalue weighted by Gasteiger charge is -2.09. The molecule has 0 saturated heterocycles. The molecule has 0 saturated carbocycles. The van der Waals surface area contributed by atoms with Gasteiger partial charge in [0.1, 0.15) is 0 Å². The van der Waals surface area contributed by atoms with E-state index >= 15 is 0 Å². The first-order chi connectivity index (χ1) is 8.27. The number of nitrogens with zero attached hydrogens (tertiary/aromatic N) is 1. The molecule has 0 fully saturated rings. The van der Waals surface area contributed by atoms with Gasteiger partial charge in [-0.2, -0.15) is 0 Å². The van der Waals surface area contributed by atoms with Gasteiger partial charge in [-0.05, 0) is 18.6 Å². The van der Waals surface area contributed by atoms with Crippen LogP contribution in [0.4, 0.5) is 0 Å². The Bertz CT molecular complexity index is 479. The van der Waals surface area contributed by atoms with Crippen molar-refractivity contribution in [3.63, 3.8) is 0 Å². The molecule has 1 aromatic carbocycles. The van der Waals surface area contributed by atoms with Gasteiger partial charge in [0.15, 0.2) is 5.78 Å². The van der Waals surface area contributed by atoms with Crippen LogP contribution in [-0.2, 0) is 6.42 Å². The largest absolute Gasteiger partial charge is 0.294 e. The Morgan fingerprint density at radius 2 is 1.82 bits per heavy atom. The van der Waals surface area contributed by atoms with Crippen molar-refractivity contribution in [1.29, 1.82) is 0 Å². The quantitative estimate of drug-likeness (QED) is 0.748. The summed E-state index contributed by atoms with van der Waals surface area (Å²) in [6.07, 6.45) is 2.45. The fraction of sp³-hybridized carbons (Fsp3) is 0.200. The van der Waals surface area contributed by atoms with Crippen LogP contribution in [0.1, 0.15) is 23.0 Å². The molecule has 0 bridgehead atoms. The van der Waals surface area contributed by atoms with Crippen molar-refractivity contribution < 1.29 is 4.79 Å². The predicted molar refractivity (Wildman–Crippen MR) is 67.9 cm³/mol. The van der Waals surface area contributed by atoms with Crippen molar-refractivity contribution in [2.75, 3.05) is 0 Å². The molecule has 0 aliphatic rings. The highest BCUT2D eigenvalue weighted by Crippen LogP contribution is 2.12. The first kappa shape index (κ1) is 11.5. The highest BCUT2D eigenvalue weighted by molar-refractivity contribution is 5.97. The smallest absolute Gasteiger partial charge is 0.166 e. The zero-order chi connectivity index (χ0) is 12.1. The van der Waals surface area contributed by atoms with Crippen molar-refractivity contribution in [2.24, 2.45) is 5.92 Å². The van der Waals surface area contributed by atoms with E-state index in [1.54, 1.807) is 6.20 Å². The van der Waals surface area contributed by atoms with E-state index in [-0.39, 0.29) is 11.7 Å². The molecule has 0 spiro atoms. The van der Waals surface area contributed by atoms with Crippen LogP contribution in [0.3, 0.4) is 0 Å². The number of hydrogen-bond donors (Lipinski definition) is 0. The average molecular weight is 225 g/mol. The number of aromatic nitrogens is 1. The molecular weight excluding hydrogens is 210 g/mol. The maximum absolute atomic E-state index is 12.1. The highest BCUT2D eigenvalue weighted by atomic mass is 16.1. The number of Topliss-reactive ketones (excluding diaryl/α,β-unsaturated/α-hetero) is 1. The van der Waals surface area contributed by atoms with E-state index < -0.39 is 0 Å². The number of ketones is 1. The minimum absolute atomic E-state index is 0.0349. The minimum atomic E-state index is -0.0349. The van der Waals surface area contributed by atoms with Gasteiger partial charge < -0.3 is 0 Å². The van der Waals surface area contributed by atoms with Crippen molar-refractivity contribution in [1.82, 2.24) is 4.98 Å². The number of carbonyl (C=O) groups is 1. The summed E-state index contributed by atoms with van der Waals surface area (Å²) in [5.74, 6) is 0.142. The monoisotopic (exact) mass is 225 g/mol. The molecule has 2 rings (SSSR count). The second-order valence-corrected chi connectivity index (χ2v) is 4.16. The molecule has 2 aromatic rings. The second kappa shape index (κ2) is 5.39. The molecule has 1 aromatic heterocycles. The molecule has 1 unspecified atom stereocenters. The Balaban J connectivity index is 2.06.